The van der Waals surface area contributed by atoms with Crippen LogP contribution in [0.15, 0.2) is 148 Å². The molecule has 4 heterocycles. The summed E-state index contributed by atoms with van der Waals surface area (Å²) in [5.74, 6) is -2.11. The maximum atomic E-state index is 13.1. The number of nitrogens with one attached hydrogen (secondary N) is 2. The molecule has 7 aromatic carbocycles. The Bertz CT molecular complexity index is 4390. The van der Waals surface area contributed by atoms with Crippen LogP contribution in [-0.4, -0.2) is 128 Å². The molecule has 0 aliphatic carbocycles. The van der Waals surface area contributed by atoms with Gasteiger partial charge in [-0.05, 0) is 90.8 Å². The number of non-ortho nitro benzene ring substituents is 1. The predicted octanol–water partition coefficient (Wildman–Crippen LogP) is 4.94. The molecule has 0 bridgehead atoms. The molecule has 1 aliphatic rings. The third-order valence-electron chi connectivity index (χ3n) is 14.1. The number of carboxylic acids is 3. The molecule has 24 heteroatoms. The van der Waals surface area contributed by atoms with E-state index < -0.39 is 22.8 Å². The largest absolute Gasteiger partial charge is 1.00 e. The molecule has 1 saturated heterocycles. The van der Waals surface area contributed by atoms with Gasteiger partial charge in [-0.15, -0.1) is 34.0 Å². The van der Waals surface area contributed by atoms with Crippen LogP contribution in [-0.2, 0) is 11.2 Å². The first-order chi connectivity index (χ1) is 42.4. The number of morpholine rings is 1. The number of aliphatic hydroxyl groups is 2. The van der Waals surface area contributed by atoms with Gasteiger partial charge in [0, 0.05) is 54.2 Å². The smallest absolute Gasteiger partial charge is 0.497 e. The number of aromatic carboxylic acids is 3. The van der Waals surface area contributed by atoms with Crippen molar-refractivity contribution in [2.75, 3.05) is 79.9 Å². The molecule has 0 unspecified atom stereocenters. The Kier molecular flexibility index (Phi) is 26.8. The summed E-state index contributed by atoms with van der Waals surface area (Å²) in [4.78, 5) is 85.3. The number of carbonyl (C=O) groups is 3. The van der Waals surface area contributed by atoms with Gasteiger partial charge in [0.25, 0.3) is 5.69 Å². The van der Waals surface area contributed by atoms with Crippen LogP contribution in [0.5, 0.6) is 11.5 Å². The normalized spacial score (nSPS) is 11.8. The quantitative estimate of drug-likeness (QED) is 0.0292. The number of nitro groups is 1. The number of rotatable bonds is 16. The van der Waals surface area contributed by atoms with Gasteiger partial charge in [0.2, 0.25) is 0 Å². The molecule has 1 aliphatic heterocycles. The fourth-order valence-corrected chi connectivity index (χ4v) is 13.0. The first-order valence-electron chi connectivity index (χ1n) is 27.9. The zero-order valence-electron chi connectivity index (χ0n) is 49.2. The van der Waals surface area contributed by atoms with Crippen molar-refractivity contribution in [3.8, 4) is 17.6 Å². The molecule has 89 heavy (non-hydrogen) atoms. The van der Waals surface area contributed by atoms with E-state index in [1.807, 2.05) is 42.5 Å². The second-order valence-electron chi connectivity index (χ2n) is 19.9. The van der Waals surface area contributed by atoms with E-state index in [9.17, 15) is 54.2 Å². The number of quaternary nitrogens is 2. The van der Waals surface area contributed by atoms with Gasteiger partial charge in [0.15, 0.2) is 16.3 Å². The van der Waals surface area contributed by atoms with Crippen molar-refractivity contribution in [2.45, 2.75) is 26.2 Å². The Labute approximate surface area is 543 Å². The minimum Gasteiger partial charge on any atom is -0.497 e. The minimum absolute atomic E-state index is 0. The molecule has 3 aromatic heterocycles. The molecule has 20 nitrogen and oxygen atoms in total. The Hall–Kier alpha value is -8.09. The minimum atomic E-state index is -1.14. The summed E-state index contributed by atoms with van der Waals surface area (Å²) in [7, 11) is 3.82. The molecule has 0 spiro atoms. The number of benzene rings is 7. The average molecular weight is 1280 g/mol. The van der Waals surface area contributed by atoms with Gasteiger partial charge in [-0.2, -0.15) is 5.26 Å². The summed E-state index contributed by atoms with van der Waals surface area (Å²) in [6.07, 6.45) is 3.01. The molecule has 10 aromatic rings. The number of nitriles is 1. The van der Waals surface area contributed by atoms with E-state index in [1.165, 1.54) is 102 Å². The zero-order chi connectivity index (χ0) is 63.4. The Morgan fingerprint density at radius 1 is 0.663 bits per heavy atom. The molecule has 0 amide bonds. The van der Waals surface area contributed by atoms with Crippen molar-refractivity contribution < 1.29 is 98.4 Å². The Morgan fingerprint density at radius 3 is 1.72 bits per heavy atom. The molecule has 7 N–H and O–H groups in total. The molecular formula is C65H64N4NaO16S3+3. The standard InChI is InChI=1S/C23H18O5S.C15H7NO3S.C14H7NO5S.C8H19NO2.C5H11NO.Na/c1-27-15-8-6-14(7-9-15)12-13-28-18-11-10-17(23(25)26)22-20(18)21(24)16-4-2-3-5-19(16)29-22;16-7-8-5-6-10(15(18)19)14-12(8)13(17)9-3-1-2-4-11(9)20-14;16-12-8-5-4-7(15(19)20)6-11(8)21-13-9(12)2-1-3-10(13)14(17)18;1-2-3-4-9(5-7-10)6-8-11;1-6-2-4-7-5-3-6;/h2-11H,12-13H2,1H3,(H,25,26);1-6H,(H,18,19);1-6H,(H,17,18);10-11H,2-8H2,1H3;2-5H2,1H3;/q;;;;;+1/p+2. The van der Waals surface area contributed by atoms with Crippen LogP contribution in [0.1, 0.15) is 62.0 Å². The van der Waals surface area contributed by atoms with Crippen LogP contribution in [0.25, 0.3) is 60.5 Å². The number of carboxylic acid groups (broad SMARTS) is 3. The Morgan fingerprint density at radius 2 is 1.19 bits per heavy atom. The number of ether oxygens (including phenoxy) is 3. The number of likely N-dealkylation sites (N-methyl/N-ethyl adjacent to an activating group) is 1. The molecule has 1 fully saturated rings. The summed E-state index contributed by atoms with van der Waals surface area (Å²) in [5, 5.41) is 67.5. The van der Waals surface area contributed by atoms with Crippen LogP contribution in [0.3, 0.4) is 0 Å². The molecule has 456 valence electrons. The fourth-order valence-electron chi connectivity index (χ4n) is 9.38. The molecular weight excluding hydrogens is 1210 g/mol. The summed E-state index contributed by atoms with van der Waals surface area (Å²) in [6, 6.07) is 38.1. The van der Waals surface area contributed by atoms with Crippen molar-refractivity contribution in [3.63, 3.8) is 0 Å². The van der Waals surface area contributed by atoms with Gasteiger partial charge in [-0.3, -0.25) is 24.5 Å². The van der Waals surface area contributed by atoms with E-state index >= 15 is 0 Å². The SMILES string of the molecule is CCCC[NH+](CCO)CCO.COc1ccc(CCOc2ccc(C(=O)O)c3sc4ccccc4c(=O)c23)cc1.C[NH+]1CCOCC1.N#Cc1ccc(C(=O)O)c2sc3ccccc3c(=O)c12.O=C(O)c1cccc2c(=O)c3ccc([N+](=O)[O-])cc3sc12.[Na+]. The van der Waals surface area contributed by atoms with Crippen LogP contribution in [0.2, 0.25) is 0 Å². The van der Waals surface area contributed by atoms with E-state index in [0.29, 0.717) is 69.2 Å². The van der Waals surface area contributed by atoms with E-state index in [0.717, 1.165) is 60.2 Å². The first kappa shape index (κ1) is 70.0. The van der Waals surface area contributed by atoms with Gasteiger partial charge >= 0.3 is 47.5 Å². The van der Waals surface area contributed by atoms with Crippen molar-refractivity contribution >= 4 is 118 Å². The molecule has 0 atom stereocenters. The van der Waals surface area contributed by atoms with Crippen LogP contribution >= 0.6 is 34.0 Å². The van der Waals surface area contributed by atoms with E-state index in [2.05, 4.69) is 14.0 Å². The van der Waals surface area contributed by atoms with Gasteiger partial charge in [0.05, 0.1) is 112 Å². The van der Waals surface area contributed by atoms with Crippen LogP contribution in [0, 0.1) is 21.4 Å². The molecule has 0 radical (unpaired) electrons. The first-order valence-corrected chi connectivity index (χ1v) is 30.3. The predicted molar refractivity (Wildman–Crippen MR) is 343 cm³/mol. The second-order valence-corrected chi connectivity index (χ2v) is 23.1. The van der Waals surface area contributed by atoms with E-state index in [1.54, 1.807) is 60.5 Å². The number of unbranched alkanes of at least 4 members (excludes halogenated alkanes) is 1. The third-order valence-corrected chi connectivity index (χ3v) is 17.7. The number of aliphatic hydroxyl groups excluding tert-OH is 2. The third kappa shape index (κ3) is 17.8. The maximum absolute atomic E-state index is 13.1. The summed E-state index contributed by atoms with van der Waals surface area (Å²) < 4.78 is 19.2. The number of nitrogens with zero attached hydrogens (tertiary/aromatic N) is 2. The summed E-state index contributed by atoms with van der Waals surface area (Å²) in [5.41, 5.74) is 0.489. The fraction of sp³-hybridized carbons (Fsp3) is 0.246. The second kappa shape index (κ2) is 34.0. The van der Waals surface area contributed by atoms with Crippen molar-refractivity contribution in [2.24, 2.45) is 0 Å². The number of nitro benzene ring substituents is 1. The number of hydrogen-bond donors (Lipinski definition) is 7. The van der Waals surface area contributed by atoms with Crippen molar-refractivity contribution in [3.05, 3.63) is 202 Å². The van der Waals surface area contributed by atoms with Gasteiger partial charge in [0.1, 0.15) is 37.7 Å². The van der Waals surface area contributed by atoms with Crippen LogP contribution in [0.4, 0.5) is 5.69 Å². The Balaban J connectivity index is 0.000000189. The number of hydrogen-bond acceptors (Lipinski definition) is 17. The number of methoxy groups -OCH3 is 1. The average Bonchev–Trinajstić information content (AvgIpc) is 0.856. The molecule has 0 saturated carbocycles. The van der Waals surface area contributed by atoms with Gasteiger partial charge < -0.3 is 49.5 Å². The van der Waals surface area contributed by atoms with Gasteiger partial charge in [-0.1, -0.05) is 55.8 Å². The monoisotopic (exact) mass is 1280 g/mol. The van der Waals surface area contributed by atoms with Crippen molar-refractivity contribution in [1.29, 1.82) is 5.26 Å². The van der Waals surface area contributed by atoms with E-state index in [-0.39, 0.29) is 92.4 Å². The maximum Gasteiger partial charge on any atom is 1.00 e. The van der Waals surface area contributed by atoms with Crippen LogP contribution < -0.4 is 65.1 Å². The van der Waals surface area contributed by atoms with Gasteiger partial charge in [-0.25, -0.2) is 14.4 Å². The van der Waals surface area contributed by atoms with Crippen molar-refractivity contribution in [1.82, 2.24) is 0 Å². The van der Waals surface area contributed by atoms with E-state index in [4.69, 9.17) is 29.7 Å². The summed E-state index contributed by atoms with van der Waals surface area (Å²) in [6.45, 7) is 9.81. The zero-order valence-corrected chi connectivity index (χ0v) is 53.7. The topological polar surface area (TPSA) is 307 Å². The molecule has 11 rings (SSSR count). The summed E-state index contributed by atoms with van der Waals surface area (Å²) >= 11 is 3.58. The number of fused-ring (bicyclic) bond motifs is 6.